The second-order valence-corrected chi connectivity index (χ2v) is 6.07. The van der Waals surface area contributed by atoms with Crippen molar-refractivity contribution in [2.24, 2.45) is 5.92 Å². The van der Waals surface area contributed by atoms with E-state index in [2.05, 4.69) is 12.2 Å². The van der Waals surface area contributed by atoms with Crippen molar-refractivity contribution in [3.05, 3.63) is 29.3 Å². The first-order valence-corrected chi connectivity index (χ1v) is 6.96. The highest BCUT2D eigenvalue weighted by molar-refractivity contribution is 5.52. The number of hydrogen-bond acceptors (Lipinski definition) is 2. The summed E-state index contributed by atoms with van der Waals surface area (Å²) in [6.07, 6.45) is 2.44. The van der Waals surface area contributed by atoms with Gasteiger partial charge in [0.05, 0.1) is 0 Å². The number of nitrogens with zero attached hydrogens (tertiary/aromatic N) is 1. The number of aryl methyl sites for hydroxylation is 1. The van der Waals surface area contributed by atoms with E-state index in [1.807, 2.05) is 4.90 Å². The van der Waals surface area contributed by atoms with Crippen LogP contribution >= 0.6 is 0 Å². The van der Waals surface area contributed by atoms with Crippen molar-refractivity contribution in [3.63, 3.8) is 0 Å². The summed E-state index contributed by atoms with van der Waals surface area (Å²) in [5, 5.41) is 3.52. The summed E-state index contributed by atoms with van der Waals surface area (Å²) in [6, 6.07) is 2.86. The molecule has 104 valence electrons. The van der Waals surface area contributed by atoms with E-state index < -0.39 is 11.6 Å². The quantitative estimate of drug-likeness (QED) is 0.885. The molecule has 0 bridgehead atoms. The Bertz CT molecular complexity index is 499. The maximum absolute atomic E-state index is 14.2. The molecule has 2 fully saturated rings. The Kier molecular flexibility index (Phi) is 3.01. The largest absolute Gasteiger partial charge is 0.364 e. The fourth-order valence-electron chi connectivity index (χ4n) is 3.12. The van der Waals surface area contributed by atoms with E-state index in [4.69, 9.17) is 0 Å². The summed E-state index contributed by atoms with van der Waals surface area (Å²) in [5.41, 5.74) is 0.636. The number of piperazine rings is 1. The Hall–Kier alpha value is -1.16. The van der Waals surface area contributed by atoms with Gasteiger partial charge in [0, 0.05) is 25.2 Å². The zero-order valence-electron chi connectivity index (χ0n) is 11.5. The van der Waals surface area contributed by atoms with Gasteiger partial charge in [-0.2, -0.15) is 0 Å². The van der Waals surface area contributed by atoms with Crippen molar-refractivity contribution < 1.29 is 8.78 Å². The average molecular weight is 266 g/mol. The lowest BCUT2D eigenvalue weighted by molar-refractivity contribution is 0.283. The van der Waals surface area contributed by atoms with Gasteiger partial charge in [-0.15, -0.1) is 0 Å². The lowest BCUT2D eigenvalue weighted by Gasteiger charge is -2.43. The van der Waals surface area contributed by atoms with Crippen LogP contribution in [0.1, 0.15) is 25.3 Å². The molecule has 1 aromatic rings. The predicted molar refractivity (Wildman–Crippen MR) is 72.4 cm³/mol. The van der Waals surface area contributed by atoms with Crippen LogP contribution in [0.25, 0.3) is 0 Å². The summed E-state index contributed by atoms with van der Waals surface area (Å²) in [6.45, 7) is 5.96. The molecule has 1 aliphatic carbocycles. The van der Waals surface area contributed by atoms with E-state index in [-0.39, 0.29) is 11.2 Å². The van der Waals surface area contributed by atoms with Gasteiger partial charge in [-0.1, -0.05) is 6.07 Å². The molecule has 1 atom stereocenters. The van der Waals surface area contributed by atoms with Gasteiger partial charge in [0.25, 0.3) is 0 Å². The smallest absolute Gasteiger partial charge is 0.152 e. The molecule has 0 spiro atoms. The molecular weight excluding hydrogens is 246 g/mol. The molecule has 1 saturated carbocycles. The van der Waals surface area contributed by atoms with E-state index in [0.29, 0.717) is 24.6 Å². The summed E-state index contributed by atoms with van der Waals surface area (Å²) in [5.74, 6) is -0.227. The summed E-state index contributed by atoms with van der Waals surface area (Å²) < 4.78 is 28.2. The van der Waals surface area contributed by atoms with Crippen LogP contribution in [0.3, 0.4) is 0 Å². The van der Waals surface area contributed by atoms with Crippen LogP contribution in [0.4, 0.5) is 14.5 Å². The monoisotopic (exact) mass is 266 g/mol. The third kappa shape index (κ3) is 2.22. The second kappa shape index (κ2) is 4.44. The van der Waals surface area contributed by atoms with E-state index in [1.54, 1.807) is 6.92 Å². The highest BCUT2D eigenvalue weighted by atomic mass is 19.1. The molecule has 1 heterocycles. The SMILES string of the molecule is Cc1ccc(F)c(N2CCNC(C)(C3CC3)C2)c1F. The summed E-state index contributed by atoms with van der Waals surface area (Å²) >= 11 is 0. The molecule has 4 heteroatoms. The van der Waals surface area contributed by atoms with Gasteiger partial charge < -0.3 is 10.2 Å². The van der Waals surface area contributed by atoms with Gasteiger partial charge in [0.1, 0.15) is 11.5 Å². The first-order valence-electron chi connectivity index (χ1n) is 6.96. The predicted octanol–water partition coefficient (Wildman–Crippen LogP) is 2.85. The van der Waals surface area contributed by atoms with Crippen LogP contribution in [0.2, 0.25) is 0 Å². The van der Waals surface area contributed by atoms with Gasteiger partial charge in [-0.3, -0.25) is 0 Å². The van der Waals surface area contributed by atoms with Gasteiger partial charge >= 0.3 is 0 Å². The van der Waals surface area contributed by atoms with Crippen LogP contribution in [-0.2, 0) is 0 Å². The van der Waals surface area contributed by atoms with E-state index in [9.17, 15) is 8.78 Å². The molecule has 1 saturated heterocycles. The number of halogens is 2. The minimum atomic E-state index is -0.455. The maximum Gasteiger partial charge on any atom is 0.152 e. The lowest BCUT2D eigenvalue weighted by atomic mass is 9.92. The standard InChI is InChI=1S/C15H20F2N2/c1-10-3-6-12(16)14(13(10)17)19-8-7-18-15(2,9-19)11-4-5-11/h3,6,11,18H,4-5,7-9H2,1-2H3. The Morgan fingerprint density at radius 2 is 2.05 bits per heavy atom. The minimum absolute atomic E-state index is 0.0130. The third-order valence-electron chi connectivity index (χ3n) is 4.48. The minimum Gasteiger partial charge on any atom is -0.364 e. The Morgan fingerprint density at radius 3 is 2.74 bits per heavy atom. The highest BCUT2D eigenvalue weighted by Gasteiger charge is 2.44. The van der Waals surface area contributed by atoms with Gasteiger partial charge in [-0.25, -0.2) is 8.78 Å². The molecule has 19 heavy (non-hydrogen) atoms. The highest BCUT2D eigenvalue weighted by Crippen LogP contribution is 2.41. The van der Waals surface area contributed by atoms with Gasteiger partial charge in [-0.05, 0) is 44.2 Å². The molecule has 2 aliphatic rings. The Morgan fingerprint density at radius 1 is 1.32 bits per heavy atom. The number of anilines is 1. The summed E-state index contributed by atoms with van der Waals surface area (Å²) in [7, 11) is 0. The van der Waals surface area contributed by atoms with E-state index in [1.165, 1.54) is 25.0 Å². The van der Waals surface area contributed by atoms with Crippen molar-refractivity contribution in [1.82, 2.24) is 5.32 Å². The molecule has 1 unspecified atom stereocenters. The number of hydrogen-bond donors (Lipinski definition) is 1. The Labute approximate surface area is 112 Å². The van der Waals surface area contributed by atoms with E-state index >= 15 is 0 Å². The first kappa shape index (κ1) is 12.9. The molecule has 0 amide bonds. The maximum atomic E-state index is 14.2. The molecular formula is C15H20F2N2. The van der Waals surface area contributed by atoms with Crippen LogP contribution in [-0.4, -0.2) is 25.2 Å². The fourth-order valence-corrected chi connectivity index (χ4v) is 3.12. The lowest BCUT2D eigenvalue weighted by Crippen LogP contribution is -2.60. The summed E-state index contributed by atoms with van der Waals surface area (Å²) in [4.78, 5) is 1.87. The molecule has 2 nitrogen and oxygen atoms in total. The zero-order chi connectivity index (χ0) is 13.6. The third-order valence-corrected chi connectivity index (χ3v) is 4.48. The molecule has 3 rings (SSSR count). The molecule has 0 aromatic heterocycles. The normalized spacial score (nSPS) is 27.7. The van der Waals surface area contributed by atoms with Crippen molar-refractivity contribution in [1.29, 1.82) is 0 Å². The van der Waals surface area contributed by atoms with Gasteiger partial charge in [0.15, 0.2) is 5.82 Å². The fraction of sp³-hybridized carbons (Fsp3) is 0.600. The molecule has 1 N–H and O–H groups in total. The molecule has 1 aromatic carbocycles. The first-order chi connectivity index (χ1) is 9.01. The second-order valence-electron chi connectivity index (χ2n) is 6.07. The van der Waals surface area contributed by atoms with Crippen LogP contribution < -0.4 is 10.2 Å². The van der Waals surface area contributed by atoms with Crippen LogP contribution in [0, 0.1) is 24.5 Å². The van der Waals surface area contributed by atoms with Crippen LogP contribution in [0.15, 0.2) is 12.1 Å². The van der Waals surface area contributed by atoms with E-state index in [0.717, 1.165) is 6.54 Å². The van der Waals surface area contributed by atoms with Crippen molar-refractivity contribution in [2.75, 3.05) is 24.5 Å². The zero-order valence-corrected chi connectivity index (χ0v) is 11.5. The number of rotatable bonds is 2. The molecule has 0 radical (unpaired) electrons. The van der Waals surface area contributed by atoms with Crippen molar-refractivity contribution >= 4 is 5.69 Å². The average Bonchev–Trinajstić information content (AvgIpc) is 3.19. The van der Waals surface area contributed by atoms with Gasteiger partial charge in [0.2, 0.25) is 0 Å². The number of nitrogens with one attached hydrogen (secondary N) is 1. The van der Waals surface area contributed by atoms with Crippen molar-refractivity contribution in [2.45, 2.75) is 32.2 Å². The Balaban J connectivity index is 1.91. The number of benzene rings is 1. The molecule has 1 aliphatic heterocycles. The topological polar surface area (TPSA) is 15.3 Å². The van der Waals surface area contributed by atoms with Crippen LogP contribution in [0.5, 0.6) is 0 Å². The van der Waals surface area contributed by atoms with Crippen molar-refractivity contribution in [3.8, 4) is 0 Å².